The first-order valence-corrected chi connectivity index (χ1v) is 5.94. The van der Waals surface area contributed by atoms with E-state index in [1.54, 1.807) is 6.08 Å². The molecule has 3 N–H and O–H groups in total. The predicted molar refractivity (Wildman–Crippen MR) is 68.5 cm³/mol. The summed E-state index contributed by atoms with van der Waals surface area (Å²) in [5.74, 6) is 0.379. The molecule has 0 heterocycles. The minimum Gasteiger partial charge on any atom is -0.351 e. The second-order valence-corrected chi connectivity index (χ2v) is 4.50. The maximum atomic E-state index is 11.7. The monoisotopic (exact) mass is 230 g/mol. The summed E-state index contributed by atoms with van der Waals surface area (Å²) < 4.78 is 0. The van der Waals surface area contributed by atoms with Gasteiger partial charge in [0.2, 0.25) is 5.91 Å². The van der Waals surface area contributed by atoms with Crippen LogP contribution in [0.3, 0.4) is 0 Å². The fourth-order valence-corrected chi connectivity index (χ4v) is 2.00. The molecule has 90 valence electrons. The zero-order valence-corrected chi connectivity index (χ0v) is 9.80. The molecule has 0 spiro atoms. The molecule has 1 amide bonds. The van der Waals surface area contributed by atoms with Gasteiger partial charge in [0.1, 0.15) is 0 Å². The van der Waals surface area contributed by atoms with Crippen molar-refractivity contribution >= 4 is 5.91 Å². The van der Waals surface area contributed by atoms with Gasteiger partial charge in [-0.05, 0) is 18.4 Å². The lowest BCUT2D eigenvalue weighted by Crippen LogP contribution is -2.41. The van der Waals surface area contributed by atoms with Crippen LogP contribution in [0.5, 0.6) is 0 Å². The topological polar surface area (TPSA) is 55.1 Å². The standard InChI is InChI=1S/C14H18N2O/c1-2-6-12(15)14(17)16-13-9-11(13)10-7-4-3-5-8-10/h2-5,7-8,11-13H,1,6,9,15H2,(H,16,17). The molecule has 3 nitrogen and oxygen atoms in total. The van der Waals surface area contributed by atoms with Crippen LogP contribution < -0.4 is 11.1 Å². The van der Waals surface area contributed by atoms with Crippen LogP contribution in [0.25, 0.3) is 0 Å². The van der Waals surface area contributed by atoms with Gasteiger partial charge in [-0.15, -0.1) is 6.58 Å². The summed E-state index contributed by atoms with van der Waals surface area (Å²) in [7, 11) is 0. The average molecular weight is 230 g/mol. The van der Waals surface area contributed by atoms with Gasteiger partial charge in [0.15, 0.2) is 0 Å². The quantitative estimate of drug-likeness (QED) is 0.754. The summed E-state index contributed by atoms with van der Waals surface area (Å²) >= 11 is 0. The third-order valence-electron chi connectivity index (χ3n) is 3.10. The first-order valence-electron chi connectivity index (χ1n) is 5.94. The summed E-state index contributed by atoms with van der Waals surface area (Å²) in [6, 6.07) is 10.0. The second-order valence-electron chi connectivity index (χ2n) is 4.50. The molecule has 17 heavy (non-hydrogen) atoms. The Morgan fingerprint density at radius 1 is 1.53 bits per heavy atom. The minimum absolute atomic E-state index is 0.0756. The zero-order chi connectivity index (χ0) is 12.3. The Morgan fingerprint density at radius 2 is 2.24 bits per heavy atom. The van der Waals surface area contributed by atoms with Gasteiger partial charge in [-0.3, -0.25) is 4.79 Å². The van der Waals surface area contributed by atoms with E-state index in [0.29, 0.717) is 12.3 Å². The van der Waals surface area contributed by atoms with Gasteiger partial charge in [-0.1, -0.05) is 36.4 Å². The van der Waals surface area contributed by atoms with Crippen LogP contribution in [0, 0.1) is 0 Å². The Hall–Kier alpha value is -1.61. The molecule has 3 heteroatoms. The molecule has 3 unspecified atom stereocenters. The molecule has 1 aromatic carbocycles. The van der Waals surface area contributed by atoms with Crippen molar-refractivity contribution in [3.05, 3.63) is 48.6 Å². The van der Waals surface area contributed by atoms with Gasteiger partial charge in [-0.25, -0.2) is 0 Å². The van der Waals surface area contributed by atoms with Crippen molar-refractivity contribution in [3.8, 4) is 0 Å². The summed E-state index contributed by atoms with van der Waals surface area (Å²) in [6.45, 7) is 3.58. The number of carbonyl (C=O) groups excluding carboxylic acids is 1. The average Bonchev–Trinajstić information content (AvgIpc) is 3.10. The number of nitrogens with one attached hydrogen (secondary N) is 1. The molecule has 1 aliphatic carbocycles. The number of nitrogens with two attached hydrogens (primary N) is 1. The number of carbonyl (C=O) groups is 1. The lowest BCUT2D eigenvalue weighted by molar-refractivity contribution is -0.122. The van der Waals surface area contributed by atoms with E-state index >= 15 is 0 Å². The van der Waals surface area contributed by atoms with Crippen LogP contribution in [0.2, 0.25) is 0 Å². The van der Waals surface area contributed by atoms with Crippen molar-refractivity contribution in [2.24, 2.45) is 5.73 Å². The van der Waals surface area contributed by atoms with E-state index in [-0.39, 0.29) is 11.9 Å². The molecule has 1 fully saturated rings. The van der Waals surface area contributed by atoms with Gasteiger partial charge in [0.05, 0.1) is 6.04 Å². The first kappa shape index (κ1) is 11.9. The third kappa shape index (κ3) is 2.94. The van der Waals surface area contributed by atoms with Crippen LogP contribution >= 0.6 is 0 Å². The first-order chi connectivity index (χ1) is 8.22. The number of hydrogen-bond donors (Lipinski definition) is 2. The van der Waals surface area contributed by atoms with Gasteiger partial charge in [0.25, 0.3) is 0 Å². The molecular weight excluding hydrogens is 212 g/mol. The molecule has 0 aromatic heterocycles. The largest absolute Gasteiger partial charge is 0.351 e. The number of rotatable bonds is 5. The molecule has 0 bridgehead atoms. The van der Waals surface area contributed by atoms with E-state index in [9.17, 15) is 4.79 Å². The minimum atomic E-state index is -0.468. The van der Waals surface area contributed by atoms with E-state index in [2.05, 4.69) is 24.0 Å². The molecule has 1 aliphatic rings. The number of amides is 1. The van der Waals surface area contributed by atoms with Gasteiger partial charge in [0, 0.05) is 12.0 Å². The highest BCUT2D eigenvalue weighted by Crippen LogP contribution is 2.40. The maximum Gasteiger partial charge on any atom is 0.237 e. The smallest absolute Gasteiger partial charge is 0.237 e. The number of benzene rings is 1. The van der Waals surface area contributed by atoms with Crippen molar-refractivity contribution in [1.82, 2.24) is 5.32 Å². The summed E-state index contributed by atoms with van der Waals surface area (Å²) in [4.78, 5) is 11.7. The fraction of sp³-hybridized carbons (Fsp3) is 0.357. The fourth-order valence-electron chi connectivity index (χ4n) is 2.00. The van der Waals surface area contributed by atoms with E-state index in [4.69, 9.17) is 5.73 Å². The number of hydrogen-bond acceptors (Lipinski definition) is 2. The molecule has 0 saturated heterocycles. The highest BCUT2D eigenvalue weighted by atomic mass is 16.2. The van der Waals surface area contributed by atoms with Crippen LogP contribution in [0.4, 0.5) is 0 Å². The van der Waals surface area contributed by atoms with Crippen molar-refractivity contribution in [3.63, 3.8) is 0 Å². The van der Waals surface area contributed by atoms with Crippen LogP contribution in [-0.4, -0.2) is 18.0 Å². The molecule has 3 atom stereocenters. The Bertz CT molecular complexity index is 402. The van der Waals surface area contributed by atoms with Crippen molar-refractivity contribution in [2.75, 3.05) is 0 Å². The van der Waals surface area contributed by atoms with Gasteiger partial charge in [-0.2, -0.15) is 0 Å². The molecule has 1 aromatic rings. The van der Waals surface area contributed by atoms with E-state index < -0.39 is 6.04 Å². The zero-order valence-electron chi connectivity index (χ0n) is 9.80. The van der Waals surface area contributed by atoms with Crippen molar-refractivity contribution in [1.29, 1.82) is 0 Å². The highest BCUT2D eigenvalue weighted by Gasteiger charge is 2.39. The maximum absolute atomic E-state index is 11.7. The van der Waals surface area contributed by atoms with E-state index in [1.165, 1.54) is 5.56 Å². The third-order valence-corrected chi connectivity index (χ3v) is 3.10. The Balaban J connectivity index is 1.84. The van der Waals surface area contributed by atoms with E-state index in [0.717, 1.165) is 6.42 Å². The van der Waals surface area contributed by atoms with Crippen molar-refractivity contribution in [2.45, 2.75) is 30.8 Å². The summed E-state index contributed by atoms with van der Waals surface area (Å²) in [6.07, 6.45) is 3.21. The SMILES string of the molecule is C=CCC(N)C(=O)NC1CC1c1ccccc1. The Labute approximate surface area is 102 Å². The summed E-state index contributed by atoms with van der Waals surface area (Å²) in [5, 5.41) is 2.98. The predicted octanol–water partition coefficient (Wildman–Crippen LogP) is 1.56. The Morgan fingerprint density at radius 3 is 2.88 bits per heavy atom. The van der Waals surface area contributed by atoms with Crippen LogP contribution in [-0.2, 0) is 4.79 Å². The summed E-state index contributed by atoms with van der Waals surface area (Å²) in [5.41, 5.74) is 6.99. The second kappa shape index (κ2) is 5.15. The molecule has 1 saturated carbocycles. The van der Waals surface area contributed by atoms with Gasteiger partial charge >= 0.3 is 0 Å². The normalized spacial score (nSPS) is 23.8. The molecule has 0 aliphatic heterocycles. The Kier molecular flexibility index (Phi) is 3.59. The van der Waals surface area contributed by atoms with Crippen LogP contribution in [0.1, 0.15) is 24.3 Å². The molecule has 0 radical (unpaired) electrons. The lowest BCUT2D eigenvalue weighted by atomic mass is 10.1. The highest BCUT2D eigenvalue weighted by molar-refractivity contribution is 5.82. The molecular formula is C14H18N2O. The van der Waals surface area contributed by atoms with Crippen molar-refractivity contribution < 1.29 is 4.79 Å². The van der Waals surface area contributed by atoms with Gasteiger partial charge < -0.3 is 11.1 Å². The van der Waals surface area contributed by atoms with E-state index in [1.807, 2.05) is 18.2 Å². The molecule has 2 rings (SSSR count). The van der Waals surface area contributed by atoms with Crippen LogP contribution in [0.15, 0.2) is 43.0 Å². The lowest BCUT2D eigenvalue weighted by Gasteiger charge is -2.10.